The zero-order chi connectivity index (χ0) is 13.2. The Bertz CT molecular complexity index is 423. The minimum Gasteiger partial charge on any atom is -0.374 e. The molecule has 5 heteroatoms. The molecule has 0 saturated carbocycles. The summed E-state index contributed by atoms with van der Waals surface area (Å²) in [6.45, 7) is 7.79. The minimum absolute atomic E-state index is 0.239. The Hall–Kier alpha value is -0.490. The van der Waals surface area contributed by atoms with Gasteiger partial charge in [-0.05, 0) is 26.7 Å². The molecule has 106 valence electrons. The third-order valence-corrected chi connectivity index (χ3v) is 5.08. The summed E-state index contributed by atoms with van der Waals surface area (Å²) in [6.07, 6.45) is 2.90. The van der Waals surface area contributed by atoms with Crippen molar-refractivity contribution in [1.82, 2.24) is 9.88 Å². The maximum atomic E-state index is 5.97. The molecule has 0 N–H and O–H groups in total. The second-order valence-electron chi connectivity index (χ2n) is 5.33. The molecule has 2 aliphatic rings. The van der Waals surface area contributed by atoms with Gasteiger partial charge in [-0.3, -0.25) is 4.90 Å². The van der Waals surface area contributed by atoms with E-state index in [9.17, 15) is 0 Å². The van der Waals surface area contributed by atoms with Crippen LogP contribution in [0.4, 0.5) is 0 Å². The van der Waals surface area contributed by atoms with E-state index in [4.69, 9.17) is 9.47 Å². The van der Waals surface area contributed by atoms with Crippen molar-refractivity contribution in [3.8, 4) is 0 Å². The zero-order valence-corrected chi connectivity index (χ0v) is 12.5. The summed E-state index contributed by atoms with van der Waals surface area (Å²) in [7, 11) is 0. The molecule has 2 saturated heterocycles. The first-order valence-electron chi connectivity index (χ1n) is 7.15. The van der Waals surface area contributed by atoms with Crippen molar-refractivity contribution in [2.24, 2.45) is 0 Å². The fourth-order valence-electron chi connectivity index (χ4n) is 3.21. The molecule has 3 atom stereocenters. The van der Waals surface area contributed by atoms with Crippen LogP contribution in [0.3, 0.4) is 0 Å². The molecule has 1 aromatic rings. The smallest absolute Gasteiger partial charge is 0.100 e. The molecule has 19 heavy (non-hydrogen) atoms. The fourth-order valence-corrected chi connectivity index (χ4v) is 4.01. The van der Waals surface area contributed by atoms with E-state index < -0.39 is 0 Å². The van der Waals surface area contributed by atoms with E-state index in [2.05, 4.69) is 23.7 Å². The Kier molecular flexibility index (Phi) is 4.17. The topological polar surface area (TPSA) is 34.6 Å². The molecule has 0 aromatic carbocycles. The van der Waals surface area contributed by atoms with Crippen molar-refractivity contribution in [1.29, 1.82) is 0 Å². The van der Waals surface area contributed by atoms with Gasteiger partial charge in [0.25, 0.3) is 0 Å². The third-order valence-electron chi connectivity index (χ3n) is 4.16. The van der Waals surface area contributed by atoms with Gasteiger partial charge in [0.2, 0.25) is 0 Å². The number of rotatable bonds is 4. The van der Waals surface area contributed by atoms with Crippen LogP contribution in [-0.4, -0.2) is 47.9 Å². The second kappa shape index (κ2) is 5.87. The van der Waals surface area contributed by atoms with Crippen LogP contribution in [0.15, 0.2) is 5.51 Å². The van der Waals surface area contributed by atoms with Crippen LogP contribution >= 0.6 is 11.3 Å². The van der Waals surface area contributed by atoms with Crippen molar-refractivity contribution in [2.45, 2.75) is 51.5 Å². The Morgan fingerprint density at radius 2 is 2.47 bits per heavy atom. The van der Waals surface area contributed by atoms with Crippen molar-refractivity contribution in [3.63, 3.8) is 0 Å². The molecule has 0 spiro atoms. The van der Waals surface area contributed by atoms with Gasteiger partial charge in [0.05, 0.1) is 17.3 Å². The van der Waals surface area contributed by atoms with Crippen molar-refractivity contribution >= 4 is 11.3 Å². The number of thiazole rings is 1. The Morgan fingerprint density at radius 1 is 1.58 bits per heavy atom. The van der Waals surface area contributed by atoms with Crippen molar-refractivity contribution in [2.75, 3.05) is 19.8 Å². The predicted octanol–water partition coefficient (Wildman–Crippen LogP) is 2.22. The monoisotopic (exact) mass is 282 g/mol. The number of likely N-dealkylation sites (tertiary alicyclic amines) is 1. The number of hydrogen-bond acceptors (Lipinski definition) is 5. The standard InChI is InChI=1S/C14H22N2O2S/c1-3-17-12-7-16(8-13-10(2)15-9-19-13)11-5-4-6-18-14(11)12/h9,11-12,14H,3-8H2,1-2H3/t11-,12+,14+/m1/s1. The lowest BCUT2D eigenvalue weighted by molar-refractivity contribution is -0.0749. The largest absolute Gasteiger partial charge is 0.374 e. The number of aromatic nitrogens is 1. The van der Waals surface area contributed by atoms with E-state index in [0.717, 1.165) is 38.4 Å². The molecule has 3 rings (SSSR count). The number of aryl methyl sites for hydroxylation is 1. The van der Waals surface area contributed by atoms with Gasteiger partial charge in [-0.25, -0.2) is 4.98 Å². The lowest BCUT2D eigenvalue weighted by Crippen LogP contribution is -2.41. The van der Waals surface area contributed by atoms with Gasteiger partial charge in [0.1, 0.15) is 6.10 Å². The first-order chi connectivity index (χ1) is 9.29. The van der Waals surface area contributed by atoms with E-state index in [1.807, 2.05) is 5.51 Å². The number of fused-ring (bicyclic) bond motifs is 1. The van der Waals surface area contributed by atoms with E-state index in [-0.39, 0.29) is 12.2 Å². The molecule has 0 radical (unpaired) electrons. The molecule has 3 heterocycles. The summed E-state index contributed by atoms with van der Waals surface area (Å²) in [4.78, 5) is 8.26. The van der Waals surface area contributed by atoms with E-state index in [1.165, 1.54) is 11.3 Å². The van der Waals surface area contributed by atoms with E-state index in [0.29, 0.717) is 6.04 Å². The third kappa shape index (κ3) is 2.70. The van der Waals surface area contributed by atoms with Gasteiger partial charge in [0, 0.05) is 37.2 Å². The first kappa shape index (κ1) is 13.5. The molecule has 1 aromatic heterocycles. The molecular formula is C14H22N2O2S. The lowest BCUT2D eigenvalue weighted by Gasteiger charge is -2.32. The summed E-state index contributed by atoms with van der Waals surface area (Å²) in [5, 5.41) is 0. The molecule has 4 nitrogen and oxygen atoms in total. The SMILES string of the molecule is CCO[C@H]1CN(Cc2scnc2C)[C@@H]2CCCO[C@H]12. The van der Waals surface area contributed by atoms with Crippen LogP contribution in [0.1, 0.15) is 30.3 Å². The van der Waals surface area contributed by atoms with Gasteiger partial charge in [-0.1, -0.05) is 0 Å². The maximum absolute atomic E-state index is 5.97. The average Bonchev–Trinajstić information content (AvgIpc) is 2.97. The quantitative estimate of drug-likeness (QED) is 0.848. The molecule has 0 unspecified atom stereocenters. The Labute approximate surface area is 118 Å². The Balaban J connectivity index is 1.72. The molecular weight excluding hydrogens is 260 g/mol. The lowest BCUT2D eigenvalue weighted by atomic mass is 10.0. The predicted molar refractivity (Wildman–Crippen MR) is 75.4 cm³/mol. The van der Waals surface area contributed by atoms with Crippen LogP contribution in [0.2, 0.25) is 0 Å². The second-order valence-corrected chi connectivity index (χ2v) is 6.27. The van der Waals surface area contributed by atoms with Gasteiger partial charge < -0.3 is 9.47 Å². The van der Waals surface area contributed by atoms with E-state index in [1.54, 1.807) is 11.3 Å². The van der Waals surface area contributed by atoms with Gasteiger partial charge >= 0.3 is 0 Å². The van der Waals surface area contributed by atoms with Gasteiger partial charge in [-0.15, -0.1) is 11.3 Å². The first-order valence-corrected chi connectivity index (χ1v) is 8.03. The normalized spacial score (nSPS) is 31.6. The summed E-state index contributed by atoms with van der Waals surface area (Å²) in [6, 6.07) is 0.520. The molecule has 2 fully saturated rings. The zero-order valence-electron chi connectivity index (χ0n) is 11.7. The van der Waals surface area contributed by atoms with Crippen LogP contribution in [0.25, 0.3) is 0 Å². The molecule has 0 amide bonds. The van der Waals surface area contributed by atoms with Crippen LogP contribution in [0.5, 0.6) is 0 Å². The summed E-state index contributed by atoms with van der Waals surface area (Å²) in [5.74, 6) is 0. The van der Waals surface area contributed by atoms with Gasteiger partial charge in [-0.2, -0.15) is 0 Å². The highest BCUT2D eigenvalue weighted by atomic mass is 32.1. The molecule has 2 aliphatic heterocycles. The summed E-state index contributed by atoms with van der Waals surface area (Å²) >= 11 is 1.76. The van der Waals surface area contributed by atoms with Crippen LogP contribution in [-0.2, 0) is 16.0 Å². The maximum Gasteiger partial charge on any atom is 0.100 e. The van der Waals surface area contributed by atoms with Crippen molar-refractivity contribution < 1.29 is 9.47 Å². The Morgan fingerprint density at radius 3 is 3.21 bits per heavy atom. The van der Waals surface area contributed by atoms with Crippen LogP contribution < -0.4 is 0 Å². The average molecular weight is 282 g/mol. The highest BCUT2D eigenvalue weighted by molar-refractivity contribution is 7.09. The fraction of sp³-hybridized carbons (Fsp3) is 0.786. The molecule has 0 aliphatic carbocycles. The number of ether oxygens (including phenoxy) is 2. The highest BCUT2D eigenvalue weighted by Gasteiger charge is 2.44. The summed E-state index contributed by atoms with van der Waals surface area (Å²) < 4.78 is 11.8. The summed E-state index contributed by atoms with van der Waals surface area (Å²) in [5.41, 5.74) is 3.11. The molecule has 0 bridgehead atoms. The van der Waals surface area contributed by atoms with E-state index >= 15 is 0 Å². The van der Waals surface area contributed by atoms with Crippen molar-refractivity contribution in [3.05, 3.63) is 16.1 Å². The number of nitrogens with zero attached hydrogens (tertiary/aromatic N) is 2. The number of hydrogen-bond donors (Lipinski definition) is 0. The van der Waals surface area contributed by atoms with Crippen LogP contribution in [0, 0.1) is 6.92 Å². The minimum atomic E-state index is 0.239. The van der Waals surface area contributed by atoms with Gasteiger partial charge in [0.15, 0.2) is 0 Å². The highest BCUT2D eigenvalue weighted by Crippen LogP contribution is 2.32.